The number of benzene rings is 1. The smallest absolute Gasteiger partial charge is 0.240 e. The Bertz CT molecular complexity index is 496. The Morgan fingerprint density at radius 3 is 2.32 bits per heavy atom. The second-order valence-corrected chi connectivity index (χ2v) is 7.02. The Morgan fingerprint density at radius 2 is 1.79 bits per heavy atom. The van der Waals surface area contributed by atoms with E-state index in [0.29, 0.717) is 24.4 Å². The number of hydrogen-bond donors (Lipinski definition) is 2. The van der Waals surface area contributed by atoms with Gasteiger partial charge in [0.15, 0.2) is 0 Å². The fourth-order valence-electron chi connectivity index (χ4n) is 1.71. The van der Waals surface area contributed by atoms with E-state index in [1.165, 1.54) is 0 Å². The average molecular weight is 307 g/mol. The van der Waals surface area contributed by atoms with Gasteiger partial charge in [0, 0.05) is 6.54 Å². The summed E-state index contributed by atoms with van der Waals surface area (Å²) >= 11 is 0. The van der Waals surface area contributed by atoms with E-state index in [1.807, 2.05) is 32.9 Å². The van der Waals surface area contributed by atoms with Crippen molar-refractivity contribution in [2.75, 3.05) is 13.1 Å². The summed E-state index contributed by atoms with van der Waals surface area (Å²) in [5.74, 6) is 0. The van der Waals surface area contributed by atoms with Crippen molar-refractivity contribution in [3.63, 3.8) is 0 Å². The van der Waals surface area contributed by atoms with Crippen LogP contribution in [-0.2, 0) is 15.4 Å². The van der Waals surface area contributed by atoms with Gasteiger partial charge in [0.1, 0.15) is 0 Å². The van der Waals surface area contributed by atoms with Crippen LogP contribution in [0.2, 0.25) is 0 Å². The third kappa shape index (κ3) is 5.10. The molecule has 1 rings (SSSR count). The van der Waals surface area contributed by atoms with Crippen molar-refractivity contribution in [3.8, 4) is 0 Å². The molecule has 0 bridgehead atoms. The van der Waals surface area contributed by atoms with Crippen LogP contribution in [0, 0.1) is 0 Å². The van der Waals surface area contributed by atoms with E-state index in [-0.39, 0.29) is 17.8 Å². The van der Waals surface area contributed by atoms with Crippen LogP contribution in [0.25, 0.3) is 0 Å². The molecule has 19 heavy (non-hydrogen) atoms. The molecule has 0 unspecified atom stereocenters. The van der Waals surface area contributed by atoms with E-state index in [0.717, 1.165) is 5.56 Å². The Kier molecular flexibility index (Phi) is 7.00. The highest BCUT2D eigenvalue weighted by Crippen LogP contribution is 2.28. The highest BCUT2D eigenvalue weighted by atomic mass is 35.5. The maximum atomic E-state index is 12.2. The Balaban J connectivity index is 0.00000324. The lowest BCUT2D eigenvalue weighted by Gasteiger charge is -2.22. The highest BCUT2D eigenvalue weighted by molar-refractivity contribution is 7.89. The number of sulfonamides is 1. The van der Waals surface area contributed by atoms with Gasteiger partial charge in [0.25, 0.3) is 0 Å². The third-order valence-corrected chi connectivity index (χ3v) is 4.18. The van der Waals surface area contributed by atoms with Crippen LogP contribution in [0.1, 0.15) is 32.8 Å². The van der Waals surface area contributed by atoms with E-state index in [9.17, 15) is 8.42 Å². The molecule has 0 aliphatic rings. The molecule has 1 aromatic carbocycles. The molecule has 0 fully saturated rings. The predicted octanol–water partition coefficient (Wildman–Crippen LogP) is 2.03. The van der Waals surface area contributed by atoms with Gasteiger partial charge >= 0.3 is 0 Å². The first kappa shape index (κ1) is 18.4. The first-order chi connectivity index (χ1) is 8.29. The molecule has 0 amide bonds. The molecule has 3 N–H and O–H groups in total. The van der Waals surface area contributed by atoms with Gasteiger partial charge in [0.05, 0.1) is 4.90 Å². The summed E-state index contributed by atoms with van der Waals surface area (Å²) in [6, 6.07) is 7.11. The molecule has 6 heteroatoms. The molecule has 0 aromatic heterocycles. The van der Waals surface area contributed by atoms with E-state index in [1.54, 1.807) is 12.1 Å². The maximum Gasteiger partial charge on any atom is 0.240 e. The quantitative estimate of drug-likeness (QED) is 0.818. The standard InChI is InChI=1S/C13H22N2O2S.ClH/c1-13(2,3)11-7-4-5-8-12(11)18(16,17)15-10-6-9-14;/h4-5,7-8,15H,6,9-10,14H2,1-3H3;1H. The summed E-state index contributed by atoms with van der Waals surface area (Å²) in [6.45, 7) is 6.85. The Labute approximate surface area is 122 Å². The fourth-order valence-corrected chi connectivity index (χ4v) is 3.20. The van der Waals surface area contributed by atoms with Crippen LogP contribution >= 0.6 is 12.4 Å². The van der Waals surface area contributed by atoms with Crippen molar-refractivity contribution in [1.82, 2.24) is 4.72 Å². The van der Waals surface area contributed by atoms with Crippen LogP contribution in [0.4, 0.5) is 0 Å². The molecule has 0 aliphatic carbocycles. The summed E-state index contributed by atoms with van der Waals surface area (Å²) < 4.78 is 27.0. The zero-order valence-electron chi connectivity index (χ0n) is 11.6. The van der Waals surface area contributed by atoms with Crippen LogP contribution in [0.5, 0.6) is 0 Å². The van der Waals surface area contributed by atoms with Crippen molar-refractivity contribution in [2.45, 2.75) is 37.5 Å². The van der Waals surface area contributed by atoms with Crippen molar-refractivity contribution in [2.24, 2.45) is 5.73 Å². The number of rotatable bonds is 5. The molecule has 0 saturated carbocycles. The summed E-state index contributed by atoms with van der Waals surface area (Å²) in [7, 11) is -3.45. The van der Waals surface area contributed by atoms with Gasteiger partial charge in [-0.15, -0.1) is 12.4 Å². The topological polar surface area (TPSA) is 72.2 Å². The summed E-state index contributed by atoms with van der Waals surface area (Å²) in [4.78, 5) is 0.356. The van der Waals surface area contributed by atoms with Crippen molar-refractivity contribution in [3.05, 3.63) is 29.8 Å². The monoisotopic (exact) mass is 306 g/mol. The lowest BCUT2D eigenvalue weighted by atomic mass is 9.87. The van der Waals surface area contributed by atoms with Gasteiger partial charge in [-0.3, -0.25) is 0 Å². The number of halogens is 1. The molecule has 0 radical (unpaired) electrons. The Hall–Kier alpha value is -0.620. The summed E-state index contributed by atoms with van der Waals surface area (Å²) in [5, 5.41) is 0. The predicted molar refractivity (Wildman–Crippen MR) is 81.2 cm³/mol. The van der Waals surface area contributed by atoms with Crippen molar-refractivity contribution >= 4 is 22.4 Å². The minimum Gasteiger partial charge on any atom is -0.330 e. The van der Waals surface area contributed by atoms with Crippen molar-refractivity contribution in [1.29, 1.82) is 0 Å². The zero-order valence-corrected chi connectivity index (χ0v) is 13.3. The molecule has 0 heterocycles. The SMILES string of the molecule is CC(C)(C)c1ccccc1S(=O)(=O)NCCCN.Cl. The van der Waals surface area contributed by atoms with Crippen molar-refractivity contribution < 1.29 is 8.42 Å². The first-order valence-electron chi connectivity index (χ1n) is 6.08. The maximum absolute atomic E-state index is 12.2. The second kappa shape index (κ2) is 7.24. The number of nitrogens with one attached hydrogen (secondary N) is 1. The van der Waals surface area contributed by atoms with E-state index < -0.39 is 10.0 Å². The van der Waals surface area contributed by atoms with Gasteiger partial charge in [-0.2, -0.15) is 0 Å². The molecule has 110 valence electrons. The van der Waals surface area contributed by atoms with Gasteiger partial charge < -0.3 is 5.73 Å². The largest absolute Gasteiger partial charge is 0.330 e. The lowest BCUT2D eigenvalue weighted by molar-refractivity contribution is 0.554. The van der Waals surface area contributed by atoms with Gasteiger partial charge in [-0.1, -0.05) is 39.0 Å². The third-order valence-electron chi connectivity index (χ3n) is 2.66. The lowest BCUT2D eigenvalue weighted by Crippen LogP contribution is -2.28. The van der Waals surface area contributed by atoms with E-state index >= 15 is 0 Å². The average Bonchev–Trinajstić information content (AvgIpc) is 2.28. The van der Waals surface area contributed by atoms with Gasteiger partial charge in [-0.25, -0.2) is 13.1 Å². The van der Waals surface area contributed by atoms with E-state index in [4.69, 9.17) is 5.73 Å². The van der Waals surface area contributed by atoms with Crippen LogP contribution in [0.3, 0.4) is 0 Å². The minimum atomic E-state index is -3.45. The van der Waals surface area contributed by atoms with Gasteiger partial charge in [0.2, 0.25) is 10.0 Å². The fraction of sp³-hybridized carbons (Fsp3) is 0.538. The highest BCUT2D eigenvalue weighted by Gasteiger charge is 2.24. The molecule has 0 atom stereocenters. The molecule has 0 saturated heterocycles. The molecule has 4 nitrogen and oxygen atoms in total. The zero-order chi connectivity index (χ0) is 13.8. The van der Waals surface area contributed by atoms with Crippen LogP contribution < -0.4 is 10.5 Å². The molecule has 1 aromatic rings. The van der Waals surface area contributed by atoms with E-state index in [2.05, 4.69) is 4.72 Å². The second-order valence-electron chi connectivity index (χ2n) is 5.29. The summed E-state index contributed by atoms with van der Waals surface area (Å²) in [6.07, 6.45) is 0.636. The Morgan fingerprint density at radius 1 is 1.21 bits per heavy atom. The van der Waals surface area contributed by atoms with Gasteiger partial charge in [-0.05, 0) is 30.0 Å². The minimum absolute atomic E-state index is 0. The van der Waals surface area contributed by atoms with Crippen LogP contribution in [0.15, 0.2) is 29.2 Å². The molecular formula is C13H23ClN2O2S. The number of hydrogen-bond acceptors (Lipinski definition) is 3. The molecule has 0 spiro atoms. The first-order valence-corrected chi connectivity index (χ1v) is 7.56. The normalized spacial score (nSPS) is 12.0. The summed E-state index contributed by atoms with van der Waals surface area (Å²) in [5.41, 5.74) is 5.98. The molecule has 0 aliphatic heterocycles. The van der Waals surface area contributed by atoms with Crippen LogP contribution in [-0.4, -0.2) is 21.5 Å². The molecular weight excluding hydrogens is 284 g/mol. The number of nitrogens with two attached hydrogens (primary N) is 1.